The van der Waals surface area contributed by atoms with Gasteiger partial charge < -0.3 is 10.4 Å². The summed E-state index contributed by atoms with van der Waals surface area (Å²) >= 11 is 4.90. The lowest BCUT2D eigenvalue weighted by Crippen LogP contribution is -2.25. The topological polar surface area (TPSA) is 49.3 Å². The van der Waals surface area contributed by atoms with E-state index in [9.17, 15) is 4.79 Å². The molecule has 0 aliphatic heterocycles. The van der Waals surface area contributed by atoms with E-state index < -0.39 is 5.97 Å². The molecule has 4 heteroatoms. The van der Waals surface area contributed by atoms with Crippen LogP contribution in [0.15, 0.2) is 11.8 Å². The lowest BCUT2D eigenvalue weighted by Gasteiger charge is -2.05. The summed E-state index contributed by atoms with van der Waals surface area (Å²) < 4.78 is 0. The van der Waals surface area contributed by atoms with Crippen molar-refractivity contribution in [3.63, 3.8) is 0 Å². The molecule has 0 amide bonds. The van der Waals surface area contributed by atoms with Crippen LogP contribution in [0.3, 0.4) is 0 Å². The molecule has 2 N–H and O–H groups in total. The van der Waals surface area contributed by atoms with E-state index in [1.54, 1.807) is 6.92 Å². The SMILES string of the molecule is CC=C(NC(=S)CCC)C(=O)O. The maximum absolute atomic E-state index is 10.5. The Balaban J connectivity index is 4.05. The third kappa shape index (κ3) is 4.08. The Labute approximate surface area is 77.5 Å². The minimum atomic E-state index is -0.976. The number of carboxylic acid groups (broad SMARTS) is 1. The highest BCUT2D eigenvalue weighted by molar-refractivity contribution is 7.80. The molecule has 12 heavy (non-hydrogen) atoms. The average molecular weight is 187 g/mol. The molecule has 0 saturated heterocycles. The van der Waals surface area contributed by atoms with Gasteiger partial charge in [0, 0.05) is 0 Å². The first-order valence-electron chi connectivity index (χ1n) is 3.81. The van der Waals surface area contributed by atoms with Crippen LogP contribution in [0.2, 0.25) is 0 Å². The predicted molar refractivity (Wildman–Crippen MR) is 52.0 cm³/mol. The van der Waals surface area contributed by atoms with Gasteiger partial charge in [0.2, 0.25) is 0 Å². The van der Waals surface area contributed by atoms with Crippen LogP contribution >= 0.6 is 12.2 Å². The fourth-order valence-electron chi connectivity index (χ4n) is 0.689. The zero-order valence-electron chi connectivity index (χ0n) is 7.26. The third-order valence-electron chi connectivity index (χ3n) is 1.27. The molecular formula is C8H13NO2S. The zero-order valence-corrected chi connectivity index (χ0v) is 8.07. The van der Waals surface area contributed by atoms with E-state index in [-0.39, 0.29) is 5.70 Å². The van der Waals surface area contributed by atoms with Crippen LogP contribution in [0.1, 0.15) is 26.7 Å². The summed E-state index contributed by atoms with van der Waals surface area (Å²) in [5.74, 6) is -0.976. The largest absolute Gasteiger partial charge is 0.477 e. The van der Waals surface area contributed by atoms with E-state index in [0.29, 0.717) is 4.99 Å². The van der Waals surface area contributed by atoms with Gasteiger partial charge in [-0.1, -0.05) is 25.2 Å². The van der Waals surface area contributed by atoms with Crippen LogP contribution < -0.4 is 5.32 Å². The third-order valence-corrected chi connectivity index (χ3v) is 1.58. The maximum atomic E-state index is 10.5. The zero-order chi connectivity index (χ0) is 9.56. The van der Waals surface area contributed by atoms with Crippen LogP contribution in [-0.4, -0.2) is 16.1 Å². The molecule has 0 bridgehead atoms. The number of rotatable bonds is 4. The molecule has 0 unspecified atom stereocenters. The second kappa shape index (κ2) is 5.71. The fourth-order valence-corrected chi connectivity index (χ4v) is 1.00. The Hall–Kier alpha value is -0.900. The van der Waals surface area contributed by atoms with Crippen molar-refractivity contribution in [2.45, 2.75) is 26.7 Å². The molecular weight excluding hydrogens is 174 g/mol. The minimum Gasteiger partial charge on any atom is -0.477 e. The summed E-state index contributed by atoms with van der Waals surface area (Å²) in [5.41, 5.74) is 0.147. The van der Waals surface area contributed by atoms with Gasteiger partial charge in [-0.05, 0) is 19.8 Å². The second-order valence-corrected chi connectivity index (χ2v) is 2.80. The number of hydrogen-bond acceptors (Lipinski definition) is 2. The van der Waals surface area contributed by atoms with E-state index in [0.717, 1.165) is 12.8 Å². The highest BCUT2D eigenvalue weighted by Gasteiger charge is 2.06. The van der Waals surface area contributed by atoms with Gasteiger partial charge in [-0.3, -0.25) is 0 Å². The number of nitrogens with one attached hydrogen (secondary N) is 1. The predicted octanol–water partition coefficient (Wildman–Crippen LogP) is 1.69. The van der Waals surface area contributed by atoms with E-state index >= 15 is 0 Å². The summed E-state index contributed by atoms with van der Waals surface area (Å²) in [6, 6.07) is 0. The van der Waals surface area contributed by atoms with Crippen molar-refractivity contribution in [2.75, 3.05) is 0 Å². The van der Waals surface area contributed by atoms with Crippen LogP contribution in [0, 0.1) is 0 Å². The van der Waals surface area contributed by atoms with E-state index in [2.05, 4.69) is 5.32 Å². The molecule has 0 aliphatic carbocycles. The average Bonchev–Trinajstić information content (AvgIpc) is 2.00. The van der Waals surface area contributed by atoms with Crippen LogP contribution in [0.25, 0.3) is 0 Å². The molecule has 0 heterocycles. The van der Waals surface area contributed by atoms with Gasteiger partial charge >= 0.3 is 5.97 Å². The summed E-state index contributed by atoms with van der Waals surface area (Å²) in [4.78, 5) is 11.1. The van der Waals surface area contributed by atoms with Gasteiger partial charge in [-0.2, -0.15) is 0 Å². The Bertz CT molecular complexity index is 211. The number of carboxylic acids is 1. The van der Waals surface area contributed by atoms with Crippen molar-refractivity contribution >= 4 is 23.2 Å². The number of aliphatic carboxylic acids is 1. The molecule has 0 rings (SSSR count). The maximum Gasteiger partial charge on any atom is 0.351 e. The van der Waals surface area contributed by atoms with Crippen molar-refractivity contribution < 1.29 is 9.90 Å². The molecule has 68 valence electrons. The Morgan fingerprint density at radius 2 is 2.25 bits per heavy atom. The quantitative estimate of drug-likeness (QED) is 0.519. The second-order valence-electron chi connectivity index (χ2n) is 2.31. The number of carbonyl (C=O) groups is 1. The first-order valence-corrected chi connectivity index (χ1v) is 4.22. The molecule has 0 saturated carbocycles. The van der Waals surface area contributed by atoms with Gasteiger partial charge in [0.1, 0.15) is 5.70 Å². The smallest absolute Gasteiger partial charge is 0.351 e. The summed E-state index contributed by atoms with van der Waals surface area (Å²) in [6.07, 6.45) is 3.13. The molecule has 0 radical (unpaired) electrons. The van der Waals surface area contributed by atoms with E-state index in [4.69, 9.17) is 17.3 Å². The number of allylic oxidation sites excluding steroid dienone is 1. The van der Waals surface area contributed by atoms with Gasteiger partial charge in [0.25, 0.3) is 0 Å². The van der Waals surface area contributed by atoms with Gasteiger partial charge in [-0.15, -0.1) is 0 Å². The highest BCUT2D eigenvalue weighted by atomic mass is 32.1. The van der Waals surface area contributed by atoms with Crippen molar-refractivity contribution in [3.05, 3.63) is 11.8 Å². The minimum absolute atomic E-state index is 0.147. The Kier molecular flexibility index (Phi) is 5.28. The van der Waals surface area contributed by atoms with Crippen molar-refractivity contribution in [1.82, 2.24) is 5.32 Å². The summed E-state index contributed by atoms with van der Waals surface area (Å²) in [6.45, 7) is 3.65. The van der Waals surface area contributed by atoms with E-state index in [1.807, 2.05) is 6.92 Å². The van der Waals surface area contributed by atoms with Crippen LogP contribution in [0.5, 0.6) is 0 Å². The molecule has 0 aromatic rings. The lowest BCUT2D eigenvalue weighted by atomic mass is 10.3. The molecule has 0 fully saturated rings. The normalized spacial score (nSPS) is 11.0. The van der Waals surface area contributed by atoms with Gasteiger partial charge in [0.05, 0.1) is 4.99 Å². The van der Waals surface area contributed by atoms with Crippen molar-refractivity contribution in [3.8, 4) is 0 Å². The molecule has 0 spiro atoms. The molecule has 0 aromatic heterocycles. The summed E-state index contributed by atoms with van der Waals surface area (Å²) in [7, 11) is 0. The molecule has 3 nitrogen and oxygen atoms in total. The van der Waals surface area contributed by atoms with Gasteiger partial charge in [0.15, 0.2) is 0 Å². The number of hydrogen-bond donors (Lipinski definition) is 2. The molecule has 0 atom stereocenters. The highest BCUT2D eigenvalue weighted by Crippen LogP contribution is 1.94. The summed E-state index contributed by atoms with van der Waals surface area (Å²) in [5, 5.41) is 11.3. The Morgan fingerprint density at radius 1 is 1.67 bits per heavy atom. The first kappa shape index (κ1) is 11.1. The fraction of sp³-hybridized carbons (Fsp3) is 0.500. The van der Waals surface area contributed by atoms with Crippen molar-refractivity contribution in [1.29, 1.82) is 0 Å². The number of thiocarbonyl (C=S) groups is 1. The lowest BCUT2D eigenvalue weighted by molar-refractivity contribution is -0.132. The monoisotopic (exact) mass is 187 g/mol. The molecule has 0 aromatic carbocycles. The van der Waals surface area contributed by atoms with E-state index in [1.165, 1.54) is 6.08 Å². The molecule has 0 aliphatic rings. The van der Waals surface area contributed by atoms with Crippen LogP contribution in [-0.2, 0) is 4.79 Å². The van der Waals surface area contributed by atoms with Crippen molar-refractivity contribution in [2.24, 2.45) is 0 Å². The Morgan fingerprint density at radius 3 is 2.58 bits per heavy atom. The van der Waals surface area contributed by atoms with Crippen LogP contribution in [0.4, 0.5) is 0 Å². The standard InChI is InChI=1S/C8H13NO2S/c1-3-5-7(12)9-6(4-2)8(10)11/h4H,3,5H2,1-2H3,(H,9,12)(H,10,11). The first-order chi connectivity index (χ1) is 5.61. The van der Waals surface area contributed by atoms with Gasteiger partial charge in [-0.25, -0.2) is 4.79 Å².